The third kappa shape index (κ3) is 3.90. The highest BCUT2D eigenvalue weighted by Crippen LogP contribution is 2.27. The van der Waals surface area contributed by atoms with Gasteiger partial charge in [0, 0.05) is 58.0 Å². The van der Waals surface area contributed by atoms with Crippen LogP contribution >= 0.6 is 0 Å². The monoisotopic (exact) mass is 357 g/mol. The number of methoxy groups -OCH3 is 1. The summed E-state index contributed by atoms with van der Waals surface area (Å²) in [4.78, 5) is 16.1. The van der Waals surface area contributed by atoms with E-state index in [9.17, 15) is 0 Å². The van der Waals surface area contributed by atoms with Gasteiger partial charge in [-0.1, -0.05) is 0 Å². The van der Waals surface area contributed by atoms with Crippen LogP contribution in [0, 0.1) is 0 Å². The molecule has 0 saturated carbocycles. The van der Waals surface area contributed by atoms with E-state index in [2.05, 4.69) is 42.9 Å². The van der Waals surface area contributed by atoms with E-state index in [1.165, 1.54) is 5.69 Å². The Morgan fingerprint density at radius 2 is 1.69 bits per heavy atom. The second-order valence-corrected chi connectivity index (χ2v) is 6.87. The Morgan fingerprint density at radius 3 is 2.42 bits per heavy atom. The van der Waals surface area contributed by atoms with E-state index in [4.69, 9.17) is 9.47 Å². The summed E-state index contributed by atoms with van der Waals surface area (Å²) >= 11 is 0. The molecule has 140 valence electrons. The molecule has 1 aromatic heterocycles. The summed E-state index contributed by atoms with van der Waals surface area (Å²) in [5, 5.41) is 0.974. The van der Waals surface area contributed by atoms with Gasteiger partial charge in [-0.25, -0.2) is 9.97 Å². The molecule has 2 aliphatic heterocycles. The Labute approximate surface area is 154 Å². The maximum Gasteiger partial charge on any atom is 0.224 e. The fourth-order valence-corrected chi connectivity index (χ4v) is 3.72. The van der Waals surface area contributed by atoms with Crippen LogP contribution in [0.2, 0.25) is 0 Å². The SMILES string of the molecule is COc1ncnc2ccc(N3CCN(CCN4CCOCC4)CC3)cc12. The minimum atomic E-state index is 0.640. The van der Waals surface area contributed by atoms with Crippen molar-refractivity contribution in [1.82, 2.24) is 19.8 Å². The van der Waals surface area contributed by atoms with E-state index < -0.39 is 0 Å². The summed E-state index contributed by atoms with van der Waals surface area (Å²) in [6, 6.07) is 6.36. The molecule has 2 aromatic rings. The lowest BCUT2D eigenvalue weighted by Crippen LogP contribution is -2.49. The van der Waals surface area contributed by atoms with Gasteiger partial charge in [-0.15, -0.1) is 0 Å². The minimum Gasteiger partial charge on any atom is -0.480 e. The van der Waals surface area contributed by atoms with Gasteiger partial charge in [-0.2, -0.15) is 0 Å². The second-order valence-electron chi connectivity index (χ2n) is 6.87. The first kappa shape index (κ1) is 17.5. The molecule has 0 unspecified atom stereocenters. The van der Waals surface area contributed by atoms with Crippen molar-refractivity contribution in [2.75, 3.05) is 77.6 Å². The number of hydrogen-bond acceptors (Lipinski definition) is 7. The van der Waals surface area contributed by atoms with E-state index in [1.54, 1.807) is 13.4 Å². The third-order valence-electron chi connectivity index (χ3n) is 5.35. The van der Waals surface area contributed by atoms with E-state index in [0.717, 1.165) is 76.5 Å². The van der Waals surface area contributed by atoms with E-state index in [-0.39, 0.29) is 0 Å². The zero-order valence-corrected chi connectivity index (χ0v) is 15.4. The highest BCUT2D eigenvalue weighted by atomic mass is 16.5. The third-order valence-corrected chi connectivity index (χ3v) is 5.35. The van der Waals surface area contributed by atoms with Crippen molar-refractivity contribution in [2.24, 2.45) is 0 Å². The number of rotatable bonds is 5. The van der Waals surface area contributed by atoms with Gasteiger partial charge in [0.2, 0.25) is 5.88 Å². The van der Waals surface area contributed by atoms with Gasteiger partial charge in [-0.05, 0) is 18.2 Å². The van der Waals surface area contributed by atoms with Gasteiger partial charge in [0.1, 0.15) is 6.33 Å². The zero-order valence-electron chi connectivity index (χ0n) is 15.4. The van der Waals surface area contributed by atoms with Gasteiger partial charge < -0.3 is 14.4 Å². The van der Waals surface area contributed by atoms with Gasteiger partial charge >= 0.3 is 0 Å². The molecule has 2 aliphatic rings. The van der Waals surface area contributed by atoms with E-state index in [0.29, 0.717) is 5.88 Å². The summed E-state index contributed by atoms with van der Waals surface area (Å²) < 4.78 is 10.8. The smallest absolute Gasteiger partial charge is 0.224 e. The van der Waals surface area contributed by atoms with Crippen LogP contribution in [0.1, 0.15) is 0 Å². The van der Waals surface area contributed by atoms with Crippen LogP contribution in [0.25, 0.3) is 10.9 Å². The normalized spacial score (nSPS) is 19.8. The average molecular weight is 357 g/mol. The topological polar surface area (TPSA) is 54.0 Å². The molecule has 2 saturated heterocycles. The lowest BCUT2D eigenvalue weighted by atomic mass is 10.2. The van der Waals surface area contributed by atoms with Crippen LogP contribution in [-0.4, -0.2) is 92.4 Å². The fraction of sp³-hybridized carbons (Fsp3) is 0.579. The molecule has 0 spiro atoms. The van der Waals surface area contributed by atoms with Crippen molar-refractivity contribution < 1.29 is 9.47 Å². The van der Waals surface area contributed by atoms with E-state index >= 15 is 0 Å². The Morgan fingerprint density at radius 1 is 0.962 bits per heavy atom. The van der Waals surface area contributed by atoms with Crippen LogP contribution in [0.5, 0.6) is 5.88 Å². The van der Waals surface area contributed by atoms with Gasteiger partial charge in [0.15, 0.2) is 0 Å². The largest absolute Gasteiger partial charge is 0.480 e. The highest BCUT2D eigenvalue weighted by Gasteiger charge is 2.19. The fourth-order valence-electron chi connectivity index (χ4n) is 3.72. The van der Waals surface area contributed by atoms with Crippen molar-refractivity contribution in [3.05, 3.63) is 24.5 Å². The van der Waals surface area contributed by atoms with Crippen LogP contribution in [-0.2, 0) is 4.74 Å². The van der Waals surface area contributed by atoms with Crippen LogP contribution in [0.15, 0.2) is 24.5 Å². The molecule has 0 bridgehead atoms. The van der Waals surface area contributed by atoms with Crippen LogP contribution in [0.3, 0.4) is 0 Å². The Balaban J connectivity index is 1.34. The Kier molecular flexibility index (Phi) is 5.48. The number of hydrogen-bond donors (Lipinski definition) is 0. The molecule has 1 aromatic carbocycles. The van der Waals surface area contributed by atoms with Gasteiger partial charge in [0.25, 0.3) is 0 Å². The van der Waals surface area contributed by atoms with Crippen molar-refractivity contribution in [1.29, 1.82) is 0 Å². The molecule has 2 fully saturated rings. The van der Waals surface area contributed by atoms with Crippen LogP contribution in [0.4, 0.5) is 5.69 Å². The highest BCUT2D eigenvalue weighted by molar-refractivity contribution is 5.86. The predicted octanol–water partition coefficient (Wildman–Crippen LogP) is 1.09. The summed E-state index contributed by atoms with van der Waals surface area (Å²) in [6.45, 7) is 10.5. The summed E-state index contributed by atoms with van der Waals surface area (Å²) in [7, 11) is 1.65. The molecular weight excluding hydrogens is 330 g/mol. The number of fused-ring (bicyclic) bond motifs is 1. The molecule has 26 heavy (non-hydrogen) atoms. The van der Waals surface area contributed by atoms with Gasteiger partial charge in [0.05, 0.1) is 31.2 Å². The van der Waals surface area contributed by atoms with Crippen molar-refractivity contribution in [3.63, 3.8) is 0 Å². The number of nitrogens with zero attached hydrogens (tertiary/aromatic N) is 5. The Hall–Kier alpha value is -1.96. The zero-order chi connectivity index (χ0) is 17.8. The number of ether oxygens (including phenoxy) is 2. The number of benzene rings is 1. The molecule has 0 N–H and O–H groups in total. The van der Waals surface area contributed by atoms with E-state index in [1.807, 2.05) is 0 Å². The molecule has 7 nitrogen and oxygen atoms in total. The number of aromatic nitrogens is 2. The molecule has 0 radical (unpaired) electrons. The molecule has 0 atom stereocenters. The van der Waals surface area contributed by atoms with Crippen molar-refractivity contribution in [3.8, 4) is 5.88 Å². The average Bonchev–Trinajstić information content (AvgIpc) is 2.72. The van der Waals surface area contributed by atoms with Crippen molar-refractivity contribution in [2.45, 2.75) is 0 Å². The number of morpholine rings is 1. The lowest BCUT2D eigenvalue weighted by molar-refractivity contribution is 0.0331. The standard InChI is InChI=1S/C19H27N5O2/c1-25-19-17-14-16(2-3-18(17)20-15-21-19)24-8-6-22(7-9-24)4-5-23-10-12-26-13-11-23/h2-3,14-15H,4-13H2,1H3. The molecule has 0 amide bonds. The molecule has 0 aliphatic carbocycles. The first-order chi connectivity index (χ1) is 12.8. The molecule has 3 heterocycles. The summed E-state index contributed by atoms with van der Waals surface area (Å²) in [5.74, 6) is 0.640. The summed E-state index contributed by atoms with van der Waals surface area (Å²) in [5.41, 5.74) is 2.14. The summed E-state index contributed by atoms with van der Waals surface area (Å²) in [6.07, 6.45) is 1.55. The molecular formula is C19H27N5O2. The predicted molar refractivity (Wildman–Crippen MR) is 102 cm³/mol. The Bertz CT molecular complexity index is 727. The second kappa shape index (κ2) is 8.16. The quantitative estimate of drug-likeness (QED) is 0.794. The lowest BCUT2D eigenvalue weighted by Gasteiger charge is -2.37. The first-order valence-corrected chi connectivity index (χ1v) is 9.39. The van der Waals surface area contributed by atoms with Crippen LogP contribution < -0.4 is 9.64 Å². The number of piperazine rings is 1. The van der Waals surface area contributed by atoms with Crippen molar-refractivity contribution >= 4 is 16.6 Å². The van der Waals surface area contributed by atoms with Gasteiger partial charge in [-0.3, -0.25) is 9.80 Å². The number of anilines is 1. The molecule has 4 rings (SSSR count). The maximum atomic E-state index is 5.42. The molecule has 7 heteroatoms. The minimum absolute atomic E-state index is 0.640. The first-order valence-electron chi connectivity index (χ1n) is 9.39. The maximum absolute atomic E-state index is 5.42.